The highest BCUT2D eigenvalue weighted by Crippen LogP contribution is 2.27. The maximum Gasteiger partial charge on any atom is 0.221 e. The number of piperidine rings is 1. The van der Waals surface area contributed by atoms with Gasteiger partial charge in [0, 0.05) is 44.9 Å². The first kappa shape index (κ1) is 18.6. The van der Waals surface area contributed by atoms with Gasteiger partial charge >= 0.3 is 0 Å². The highest BCUT2D eigenvalue weighted by molar-refractivity contribution is 5.75. The molecule has 0 aliphatic carbocycles. The third-order valence-corrected chi connectivity index (χ3v) is 5.29. The van der Waals surface area contributed by atoms with E-state index >= 15 is 0 Å². The third-order valence-electron chi connectivity index (χ3n) is 5.29. The molecule has 142 valence electrons. The number of aryl methyl sites for hydroxylation is 1. The standard InChI is InChI=1S/C18H29N7O/c1-4-25-16(13-24-12-8-20-14(24)2)21-22-18(25)15-5-9-23(10-6-15)11-7-17(26)19-3/h8,12,15H,4-7,9-11,13H2,1-3H3,(H,19,26). The lowest BCUT2D eigenvalue weighted by Crippen LogP contribution is -2.36. The highest BCUT2D eigenvalue weighted by Gasteiger charge is 2.26. The van der Waals surface area contributed by atoms with Crippen LogP contribution in [0.1, 0.15) is 49.6 Å². The number of hydrogen-bond acceptors (Lipinski definition) is 5. The van der Waals surface area contributed by atoms with Gasteiger partial charge in [-0.3, -0.25) is 4.79 Å². The lowest BCUT2D eigenvalue weighted by molar-refractivity contribution is -0.121. The molecule has 0 spiro atoms. The van der Waals surface area contributed by atoms with Crippen LogP contribution in [0.15, 0.2) is 12.4 Å². The molecule has 1 N–H and O–H groups in total. The zero-order chi connectivity index (χ0) is 18.5. The molecule has 8 heteroatoms. The number of carbonyl (C=O) groups is 1. The van der Waals surface area contributed by atoms with Gasteiger partial charge in [0.2, 0.25) is 5.91 Å². The van der Waals surface area contributed by atoms with E-state index in [0.717, 1.165) is 56.5 Å². The number of amides is 1. The van der Waals surface area contributed by atoms with Crippen molar-refractivity contribution in [2.45, 2.75) is 52.1 Å². The fourth-order valence-electron chi connectivity index (χ4n) is 3.64. The molecule has 8 nitrogen and oxygen atoms in total. The molecule has 1 fully saturated rings. The quantitative estimate of drug-likeness (QED) is 0.802. The summed E-state index contributed by atoms with van der Waals surface area (Å²) in [5.74, 6) is 3.63. The third kappa shape index (κ3) is 4.12. The van der Waals surface area contributed by atoms with Gasteiger partial charge in [-0.2, -0.15) is 0 Å². The molecule has 0 aromatic carbocycles. The molecule has 0 radical (unpaired) electrons. The van der Waals surface area contributed by atoms with Crippen LogP contribution < -0.4 is 5.32 Å². The molecule has 1 saturated heterocycles. The van der Waals surface area contributed by atoms with Crippen LogP contribution in [0.4, 0.5) is 0 Å². The Morgan fingerprint density at radius 1 is 1.31 bits per heavy atom. The molecule has 0 saturated carbocycles. The van der Waals surface area contributed by atoms with E-state index in [1.54, 1.807) is 7.05 Å². The normalized spacial score (nSPS) is 16.1. The van der Waals surface area contributed by atoms with Crippen LogP contribution in [0.2, 0.25) is 0 Å². The predicted molar refractivity (Wildman–Crippen MR) is 98.9 cm³/mol. The Bertz CT molecular complexity index is 728. The molecule has 26 heavy (non-hydrogen) atoms. The van der Waals surface area contributed by atoms with Gasteiger partial charge in [0.05, 0.1) is 6.54 Å². The van der Waals surface area contributed by atoms with Crippen LogP contribution in [0.25, 0.3) is 0 Å². The van der Waals surface area contributed by atoms with Gasteiger partial charge in [0.15, 0.2) is 5.82 Å². The molecule has 2 aromatic rings. The minimum absolute atomic E-state index is 0.109. The van der Waals surface area contributed by atoms with Crippen LogP contribution in [0.3, 0.4) is 0 Å². The van der Waals surface area contributed by atoms with Crippen LogP contribution in [0, 0.1) is 6.92 Å². The largest absolute Gasteiger partial charge is 0.359 e. The van der Waals surface area contributed by atoms with Gasteiger partial charge in [0.1, 0.15) is 11.6 Å². The zero-order valence-corrected chi connectivity index (χ0v) is 16.0. The van der Waals surface area contributed by atoms with E-state index in [-0.39, 0.29) is 5.91 Å². The number of likely N-dealkylation sites (tertiary alicyclic amines) is 1. The second-order valence-electron chi connectivity index (χ2n) is 6.86. The summed E-state index contributed by atoms with van der Waals surface area (Å²) in [7, 11) is 1.69. The zero-order valence-electron chi connectivity index (χ0n) is 16.0. The van der Waals surface area contributed by atoms with E-state index in [1.165, 1.54) is 0 Å². The number of rotatable bonds is 7. The Hall–Kier alpha value is -2.22. The molecule has 3 rings (SSSR count). The average Bonchev–Trinajstić information content (AvgIpc) is 3.26. The first-order valence-corrected chi connectivity index (χ1v) is 9.45. The van der Waals surface area contributed by atoms with Crippen molar-refractivity contribution in [2.24, 2.45) is 0 Å². The van der Waals surface area contributed by atoms with Gasteiger partial charge in [0.25, 0.3) is 0 Å². The molecular formula is C18H29N7O. The van der Waals surface area contributed by atoms with Crippen LogP contribution in [-0.4, -0.2) is 61.8 Å². The topological polar surface area (TPSA) is 80.9 Å². The van der Waals surface area contributed by atoms with Gasteiger partial charge in [-0.05, 0) is 39.8 Å². The van der Waals surface area contributed by atoms with E-state index < -0.39 is 0 Å². The second-order valence-corrected chi connectivity index (χ2v) is 6.86. The minimum Gasteiger partial charge on any atom is -0.359 e. The minimum atomic E-state index is 0.109. The summed E-state index contributed by atoms with van der Waals surface area (Å²) in [5, 5.41) is 11.7. The lowest BCUT2D eigenvalue weighted by atomic mass is 9.95. The molecule has 2 aromatic heterocycles. The summed E-state index contributed by atoms with van der Waals surface area (Å²) < 4.78 is 4.35. The van der Waals surface area contributed by atoms with Gasteiger partial charge in [-0.25, -0.2) is 4.98 Å². The van der Waals surface area contributed by atoms with Crippen LogP contribution >= 0.6 is 0 Å². The molecule has 0 atom stereocenters. The molecular weight excluding hydrogens is 330 g/mol. The number of carbonyl (C=O) groups excluding carboxylic acids is 1. The Labute approximate surface area is 154 Å². The number of hydrogen-bond donors (Lipinski definition) is 1. The first-order chi connectivity index (χ1) is 12.6. The summed E-state index contributed by atoms with van der Waals surface area (Å²) in [6, 6.07) is 0. The van der Waals surface area contributed by atoms with Gasteiger partial charge < -0.3 is 19.4 Å². The van der Waals surface area contributed by atoms with Crippen molar-refractivity contribution in [3.8, 4) is 0 Å². The van der Waals surface area contributed by atoms with Crippen molar-refractivity contribution in [2.75, 3.05) is 26.7 Å². The Balaban J connectivity index is 1.62. The molecule has 1 aliphatic heterocycles. The first-order valence-electron chi connectivity index (χ1n) is 9.45. The summed E-state index contributed by atoms with van der Waals surface area (Å²) >= 11 is 0. The van der Waals surface area contributed by atoms with E-state index in [4.69, 9.17) is 0 Å². The van der Waals surface area contributed by atoms with Crippen molar-refractivity contribution in [3.63, 3.8) is 0 Å². The number of aromatic nitrogens is 5. The Morgan fingerprint density at radius 2 is 2.08 bits per heavy atom. The van der Waals surface area contributed by atoms with Crippen molar-refractivity contribution >= 4 is 5.91 Å². The van der Waals surface area contributed by atoms with Crippen LogP contribution in [0.5, 0.6) is 0 Å². The Morgan fingerprint density at radius 3 is 2.69 bits per heavy atom. The lowest BCUT2D eigenvalue weighted by Gasteiger charge is -2.31. The van der Waals surface area contributed by atoms with Crippen molar-refractivity contribution in [3.05, 3.63) is 29.9 Å². The molecule has 3 heterocycles. The second kappa shape index (κ2) is 8.44. The van der Waals surface area contributed by atoms with E-state index in [9.17, 15) is 4.79 Å². The molecule has 0 unspecified atom stereocenters. The fraction of sp³-hybridized carbons (Fsp3) is 0.667. The molecule has 1 aliphatic rings. The number of imidazole rings is 1. The highest BCUT2D eigenvalue weighted by atomic mass is 16.1. The van der Waals surface area contributed by atoms with E-state index in [1.807, 2.05) is 19.3 Å². The summed E-state index contributed by atoms with van der Waals surface area (Å²) in [5.41, 5.74) is 0. The fourth-order valence-corrected chi connectivity index (χ4v) is 3.64. The maximum atomic E-state index is 11.4. The average molecular weight is 359 g/mol. The van der Waals surface area contributed by atoms with Crippen molar-refractivity contribution in [1.82, 2.24) is 34.5 Å². The summed E-state index contributed by atoms with van der Waals surface area (Å²) in [4.78, 5) is 18.1. The van der Waals surface area contributed by atoms with Crippen molar-refractivity contribution < 1.29 is 4.79 Å². The number of nitrogens with one attached hydrogen (secondary N) is 1. The number of nitrogens with zero attached hydrogens (tertiary/aromatic N) is 6. The smallest absolute Gasteiger partial charge is 0.221 e. The van der Waals surface area contributed by atoms with E-state index in [0.29, 0.717) is 18.9 Å². The monoisotopic (exact) mass is 359 g/mol. The summed E-state index contributed by atoms with van der Waals surface area (Å²) in [6.07, 6.45) is 6.50. The van der Waals surface area contributed by atoms with Gasteiger partial charge in [-0.15, -0.1) is 10.2 Å². The molecule has 1 amide bonds. The van der Waals surface area contributed by atoms with Crippen molar-refractivity contribution in [1.29, 1.82) is 0 Å². The maximum absolute atomic E-state index is 11.4. The predicted octanol–water partition coefficient (Wildman–Crippen LogP) is 1.17. The Kier molecular flexibility index (Phi) is 6.03. The van der Waals surface area contributed by atoms with Crippen LogP contribution in [-0.2, 0) is 17.9 Å². The van der Waals surface area contributed by atoms with E-state index in [2.05, 4.69) is 41.5 Å². The molecule has 0 bridgehead atoms. The SMILES string of the molecule is CCn1c(Cn2ccnc2C)nnc1C1CCN(CCC(=O)NC)CC1. The summed E-state index contributed by atoms with van der Waals surface area (Å²) in [6.45, 7) is 8.58. The van der Waals surface area contributed by atoms with Gasteiger partial charge in [-0.1, -0.05) is 0 Å².